The molecular weight excluding hydrogens is 318 g/mol. The average Bonchev–Trinajstić information content (AvgIpc) is 2.48. The van der Waals surface area contributed by atoms with E-state index in [9.17, 15) is 0 Å². The zero-order valence-electron chi connectivity index (χ0n) is 13.1. The summed E-state index contributed by atoms with van der Waals surface area (Å²) in [6, 6.07) is 8.77. The SMILES string of the molecule is CCCNC(Cc1ccccc1Cl)C1CSC(C)C(C)S1. The fourth-order valence-electron chi connectivity index (χ4n) is 2.58. The lowest BCUT2D eigenvalue weighted by Crippen LogP contribution is -2.45. The van der Waals surface area contributed by atoms with Gasteiger partial charge in [0.2, 0.25) is 0 Å². The van der Waals surface area contributed by atoms with Crippen molar-refractivity contribution < 1.29 is 0 Å². The molecule has 1 nitrogen and oxygen atoms in total. The zero-order valence-corrected chi connectivity index (χ0v) is 15.5. The van der Waals surface area contributed by atoms with E-state index in [1.165, 1.54) is 17.7 Å². The summed E-state index contributed by atoms with van der Waals surface area (Å²) >= 11 is 10.6. The van der Waals surface area contributed by atoms with Gasteiger partial charge >= 0.3 is 0 Å². The molecule has 4 unspecified atom stereocenters. The second kappa shape index (κ2) is 8.71. The molecule has 1 aliphatic rings. The van der Waals surface area contributed by atoms with Gasteiger partial charge in [0.15, 0.2) is 0 Å². The Hall–Kier alpha value is 0.170. The molecule has 0 aliphatic carbocycles. The molecule has 4 atom stereocenters. The molecule has 0 spiro atoms. The first-order valence-corrected chi connectivity index (χ1v) is 10.2. The van der Waals surface area contributed by atoms with Gasteiger partial charge in [0, 0.05) is 32.6 Å². The largest absolute Gasteiger partial charge is 0.313 e. The van der Waals surface area contributed by atoms with Crippen LogP contribution in [0.25, 0.3) is 0 Å². The van der Waals surface area contributed by atoms with Crippen molar-refractivity contribution in [2.24, 2.45) is 0 Å². The first kappa shape index (κ1) is 17.5. The first-order chi connectivity index (χ1) is 10.1. The quantitative estimate of drug-likeness (QED) is 0.790. The Morgan fingerprint density at radius 1 is 1.29 bits per heavy atom. The normalized spacial score (nSPS) is 27.5. The third kappa shape index (κ3) is 5.09. The molecule has 118 valence electrons. The van der Waals surface area contributed by atoms with Crippen LogP contribution in [0.2, 0.25) is 5.02 Å². The van der Waals surface area contributed by atoms with Crippen LogP contribution in [-0.2, 0) is 6.42 Å². The molecule has 1 aliphatic heterocycles. The van der Waals surface area contributed by atoms with Gasteiger partial charge in [-0.1, -0.05) is 50.6 Å². The highest BCUT2D eigenvalue weighted by atomic mass is 35.5. The van der Waals surface area contributed by atoms with E-state index in [1.807, 2.05) is 12.1 Å². The summed E-state index contributed by atoms with van der Waals surface area (Å²) < 4.78 is 0. The molecular formula is C17H26ClNS2. The predicted molar refractivity (Wildman–Crippen MR) is 100.0 cm³/mol. The number of benzene rings is 1. The van der Waals surface area contributed by atoms with Gasteiger partial charge in [0.25, 0.3) is 0 Å². The van der Waals surface area contributed by atoms with E-state index < -0.39 is 0 Å². The van der Waals surface area contributed by atoms with Crippen molar-refractivity contribution in [1.29, 1.82) is 0 Å². The van der Waals surface area contributed by atoms with Crippen LogP contribution in [-0.4, -0.2) is 34.1 Å². The maximum Gasteiger partial charge on any atom is 0.0438 e. The van der Waals surface area contributed by atoms with E-state index in [2.05, 4.69) is 61.7 Å². The minimum Gasteiger partial charge on any atom is -0.313 e. The van der Waals surface area contributed by atoms with E-state index in [-0.39, 0.29) is 0 Å². The molecule has 1 saturated heterocycles. The number of rotatable bonds is 6. The first-order valence-electron chi connectivity index (χ1n) is 7.85. The summed E-state index contributed by atoms with van der Waals surface area (Å²) in [5, 5.41) is 6.82. The highest BCUT2D eigenvalue weighted by Crippen LogP contribution is 2.38. The third-order valence-electron chi connectivity index (χ3n) is 4.08. The van der Waals surface area contributed by atoms with Crippen LogP contribution in [0.4, 0.5) is 0 Å². The van der Waals surface area contributed by atoms with Crippen molar-refractivity contribution >= 4 is 35.1 Å². The van der Waals surface area contributed by atoms with Gasteiger partial charge in [0.1, 0.15) is 0 Å². The maximum absolute atomic E-state index is 6.35. The van der Waals surface area contributed by atoms with Crippen LogP contribution in [0.15, 0.2) is 24.3 Å². The summed E-state index contributed by atoms with van der Waals surface area (Å²) in [6.45, 7) is 8.02. The van der Waals surface area contributed by atoms with E-state index in [0.717, 1.165) is 28.5 Å². The molecule has 2 rings (SSSR count). The van der Waals surface area contributed by atoms with Crippen molar-refractivity contribution in [3.8, 4) is 0 Å². The maximum atomic E-state index is 6.35. The van der Waals surface area contributed by atoms with Crippen molar-refractivity contribution in [1.82, 2.24) is 5.32 Å². The molecule has 1 heterocycles. The Bertz CT molecular complexity index is 441. The van der Waals surface area contributed by atoms with Crippen LogP contribution in [0.1, 0.15) is 32.8 Å². The molecule has 0 aromatic heterocycles. The fourth-order valence-corrected chi connectivity index (χ4v) is 5.93. The third-order valence-corrected chi connectivity index (χ3v) is 8.00. The van der Waals surface area contributed by atoms with Crippen molar-refractivity contribution in [3.63, 3.8) is 0 Å². The number of halogens is 1. The molecule has 0 bridgehead atoms. The second-order valence-electron chi connectivity index (χ2n) is 5.77. The number of hydrogen-bond donors (Lipinski definition) is 1. The van der Waals surface area contributed by atoms with Gasteiger partial charge in [0.05, 0.1) is 0 Å². The molecule has 0 amide bonds. The molecule has 1 fully saturated rings. The molecule has 1 aromatic carbocycles. The van der Waals surface area contributed by atoms with Crippen molar-refractivity contribution in [2.75, 3.05) is 12.3 Å². The average molecular weight is 344 g/mol. The van der Waals surface area contributed by atoms with Crippen LogP contribution < -0.4 is 5.32 Å². The van der Waals surface area contributed by atoms with Crippen LogP contribution in [0, 0.1) is 0 Å². The summed E-state index contributed by atoms with van der Waals surface area (Å²) in [5.41, 5.74) is 1.27. The molecule has 21 heavy (non-hydrogen) atoms. The van der Waals surface area contributed by atoms with E-state index in [1.54, 1.807) is 0 Å². The molecule has 1 aromatic rings. The predicted octanol–water partition coefficient (Wildman–Crippen LogP) is 4.88. The van der Waals surface area contributed by atoms with Crippen LogP contribution in [0.3, 0.4) is 0 Å². The van der Waals surface area contributed by atoms with E-state index >= 15 is 0 Å². The Kier molecular flexibility index (Phi) is 7.27. The van der Waals surface area contributed by atoms with Gasteiger partial charge in [-0.15, -0.1) is 0 Å². The monoisotopic (exact) mass is 343 g/mol. The Morgan fingerprint density at radius 3 is 2.71 bits per heavy atom. The lowest BCUT2D eigenvalue weighted by atomic mass is 10.0. The van der Waals surface area contributed by atoms with Gasteiger partial charge in [-0.05, 0) is 31.0 Å². The minimum absolute atomic E-state index is 0.511. The second-order valence-corrected chi connectivity index (χ2v) is 9.21. The van der Waals surface area contributed by atoms with Gasteiger partial charge < -0.3 is 5.32 Å². The summed E-state index contributed by atoms with van der Waals surface area (Å²) in [5.74, 6) is 1.24. The summed E-state index contributed by atoms with van der Waals surface area (Å²) in [4.78, 5) is 0. The molecule has 0 saturated carbocycles. The minimum atomic E-state index is 0.511. The zero-order chi connectivity index (χ0) is 15.2. The van der Waals surface area contributed by atoms with Gasteiger partial charge in [-0.3, -0.25) is 0 Å². The van der Waals surface area contributed by atoms with E-state index in [4.69, 9.17) is 11.6 Å². The highest BCUT2D eigenvalue weighted by Gasteiger charge is 2.31. The number of thioether (sulfide) groups is 2. The van der Waals surface area contributed by atoms with Gasteiger partial charge in [-0.2, -0.15) is 23.5 Å². The topological polar surface area (TPSA) is 12.0 Å². The van der Waals surface area contributed by atoms with Crippen LogP contribution in [0.5, 0.6) is 0 Å². The molecule has 1 N–H and O–H groups in total. The lowest BCUT2D eigenvalue weighted by Gasteiger charge is -2.36. The lowest BCUT2D eigenvalue weighted by molar-refractivity contribution is 0.504. The summed E-state index contributed by atoms with van der Waals surface area (Å²) in [6.07, 6.45) is 2.20. The fraction of sp³-hybridized carbons (Fsp3) is 0.647. The van der Waals surface area contributed by atoms with E-state index in [0.29, 0.717) is 11.3 Å². The standard InChI is InChI=1S/C17H26ClNS2/c1-4-9-19-16(10-14-7-5-6-8-15(14)18)17-11-20-12(2)13(3)21-17/h5-8,12-13,16-17,19H,4,9-11H2,1-3H3. The van der Waals surface area contributed by atoms with Gasteiger partial charge in [-0.25, -0.2) is 0 Å². The molecule has 4 heteroatoms. The van der Waals surface area contributed by atoms with Crippen molar-refractivity contribution in [3.05, 3.63) is 34.9 Å². The number of hydrogen-bond acceptors (Lipinski definition) is 3. The van der Waals surface area contributed by atoms with Crippen LogP contribution >= 0.6 is 35.1 Å². The Morgan fingerprint density at radius 2 is 2.05 bits per heavy atom. The molecule has 0 radical (unpaired) electrons. The van der Waals surface area contributed by atoms with Crippen molar-refractivity contribution in [2.45, 2.75) is 55.4 Å². The highest BCUT2D eigenvalue weighted by molar-refractivity contribution is 8.07. The smallest absolute Gasteiger partial charge is 0.0438 e. The Labute approximate surface area is 143 Å². The number of nitrogens with one attached hydrogen (secondary N) is 1. The Balaban J connectivity index is 2.05. The summed E-state index contributed by atoms with van der Waals surface area (Å²) in [7, 11) is 0.